The van der Waals surface area contributed by atoms with Gasteiger partial charge in [-0.3, -0.25) is 4.98 Å². The number of pyridine rings is 1. The lowest BCUT2D eigenvalue weighted by Gasteiger charge is -2.16. The number of aliphatic hydroxyl groups excluding tert-OH is 1. The van der Waals surface area contributed by atoms with Gasteiger partial charge in [-0.2, -0.15) is 0 Å². The lowest BCUT2D eigenvalue weighted by Crippen LogP contribution is -2.15. The van der Waals surface area contributed by atoms with Gasteiger partial charge in [0.2, 0.25) is 0 Å². The van der Waals surface area contributed by atoms with Crippen molar-refractivity contribution in [2.45, 2.75) is 19.4 Å². The van der Waals surface area contributed by atoms with Crippen LogP contribution in [0, 0.1) is 6.92 Å². The normalized spacial score (nSPS) is 12.6. The highest BCUT2D eigenvalue weighted by atomic mass is 16.5. The first-order valence-electron chi connectivity index (χ1n) is 4.56. The summed E-state index contributed by atoms with van der Waals surface area (Å²) in [6.45, 7) is 1.95. The number of nitrogens with two attached hydrogens (primary N) is 1. The van der Waals surface area contributed by atoms with Crippen LogP contribution >= 0.6 is 0 Å². The number of aromatic nitrogens is 1. The largest absolute Gasteiger partial charge is 0.496 e. The van der Waals surface area contributed by atoms with Gasteiger partial charge in [0.15, 0.2) is 0 Å². The van der Waals surface area contributed by atoms with E-state index in [-0.39, 0.29) is 12.6 Å². The number of aryl methyl sites for hydroxylation is 1. The van der Waals surface area contributed by atoms with Crippen molar-refractivity contribution < 1.29 is 9.84 Å². The summed E-state index contributed by atoms with van der Waals surface area (Å²) < 4.78 is 5.19. The molecule has 1 aromatic rings. The summed E-state index contributed by atoms with van der Waals surface area (Å²) in [5, 5.41) is 8.81. The van der Waals surface area contributed by atoms with Crippen LogP contribution in [0.3, 0.4) is 0 Å². The highest BCUT2D eigenvalue weighted by Crippen LogP contribution is 2.26. The van der Waals surface area contributed by atoms with E-state index in [1.54, 1.807) is 19.4 Å². The predicted octanol–water partition coefficient (Wildman–Crippen LogP) is 0.781. The molecule has 1 rings (SSSR count). The maximum atomic E-state index is 8.81. The van der Waals surface area contributed by atoms with E-state index in [4.69, 9.17) is 15.6 Å². The molecule has 0 saturated carbocycles. The summed E-state index contributed by atoms with van der Waals surface area (Å²) in [5.74, 6) is 0.735. The Labute approximate surface area is 83.7 Å². The fraction of sp³-hybridized carbons (Fsp3) is 0.500. The molecule has 0 aliphatic carbocycles. The molecule has 0 radical (unpaired) electrons. The zero-order valence-electron chi connectivity index (χ0n) is 8.53. The molecule has 0 spiro atoms. The van der Waals surface area contributed by atoms with Gasteiger partial charge in [-0.25, -0.2) is 0 Å². The topological polar surface area (TPSA) is 68.4 Å². The van der Waals surface area contributed by atoms with Gasteiger partial charge in [-0.15, -0.1) is 0 Å². The minimum atomic E-state index is -0.219. The Balaban J connectivity index is 3.03. The minimum absolute atomic E-state index is 0.0681. The first-order valence-corrected chi connectivity index (χ1v) is 4.56. The highest BCUT2D eigenvalue weighted by Gasteiger charge is 2.14. The molecular weight excluding hydrogens is 180 g/mol. The zero-order valence-corrected chi connectivity index (χ0v) is 8.53. The average molecular weight is 196 g/mol. The van der Waals surface area contributed by atoms with Gasteiger partial charge >= 0.3 is 0 Å². The van der Waals surface area contributed by atoms with Gasteiger partial charge in [0.05, 0.1) is 7.11 Å². The number of aliphatic hydroxyl groups is 1. The van der Waals surface area contributed by atoms with Gasteiger partial charge in [-0.1, -0.05) is 0 Å². The van der Waals surface area contributed by atoms with E-state index in [0.29, 0.717) is 6.42 Å². The van der Waals surface area contributed by atoms with Crippen LogP contribution in [0.2, 0.25) is 0 Å². The molecular formula is C10H16N2O2. The summed E-state index contributed by atoms with van der Waals surface area (Å²) in [7, 11) is 1.60. The van der Waals surface area contributed by atoms with Crippen LogP contribution in [-0.4, -0.2) is 23.8 Å². The van der Waals surface area contributed by atoms with Crippen molar-refractivity contribution in [3.63, 3.8) is 0 Å². The van der Waals surface area contributed by atoms with E-state index in [0.717, 1.165) is 17.0 Å². The second kappa shape index (κ2) is 4.93. The number of rotatable bonds is 4. The van der Waals surface area contributed by atoms with E-state index in [9.17, 15) is 0 Å². The van der Waals surface area contributed by atoms with Crippen LogP contribution in [0.25, 0.3) is 0 Å². The van der Waals surface area contributed by atoms with Crippen molar-refractivity contribution in [2.75, 3.05) is 13.7 Å². The molecule has 1 heterocycles. The maximum absolute atomic E-state index is 8.81. The molecule has 1 atom stereocenters. The summed E-state index contributed by atoms with van der Waals surface area (Å²) in [4.78, 5) is 4.15. The second-order valence-corrected chi connectivity index (χ2v) is 3.13. The molecule has 0 aliphatic heterocycles. The molecule has 0 amide bonds. The molecule has 0 aromatic carbocycles. The molecule has 14 heavy (non-hydrogen) atoms. The molecule has 78 valence electrons. The third kappa shape index (κ3) is 2.21. The summed E-state index contributed by atoms with van der Waals surface area (Å²) >= 11 is 0. The second-order valence-electron chi connectivity index (χ2n) is 3.13. The molecule has 0 saturated heterocycles. The number of ether oxygens (including phenoxy) is 1. The van der Waals surface area contributed by atoms with Gasteiger partial charge in [0.25, 0.3) is 0 Å². The van der Waals surface area contributed by atoms with Gasteiger partial charge < -0.3 is 15.6 Å². The fourth-order valence-corrected chi connectivity index (χ4v) is 1.47. The number of hydrogen-bond donors (Lipinski definition) is 2. The summed E-state index contributed by atoms with van der Waals surface area (Å²) in [5.41, 5.74) is 7.63. The van der Waals surface area contributed by atoms with E-state index in [2.05, 4.69) is 4.98 Å². The Hall–Kier alpha value is -1.13. The van der Waals surface area contributed by atoms with Crippen LogP contribution in [0.15, 0.2) is 12.3 Å². The lowest BCUT2D eigenvalue weighted by atomic mass is 10.0. The Morgan fingerprint density at radius 2 is 2.36 bits per heavy atom. The third-order valence-corrected chi connectivity index (χ3v) is 2.18. The molecule has 0 bridgehead atoms. The van der Waals surface area contributed by atoms with Crippen molar-refractivity contribution >= 4 is 0 Å². The van der Waals surface area contributed by atoms with Gasteiger partial charge in [-0.05, 0) is 19.4 Å². The Morgan fingerprint density at radius 1 is 1.64 bits per heavy atom. The lowest BCUT2D eigenvalue weighted by molar-refractivity contribution is 0.275. The molecule has 1 aromatic heterocycles. The number of hydrogen-bond acceptors (Lipinski definition) is 4. The first kappa shape index (κ1) is 10.9. The van der Waals surface area contributed by atoms with Crippen molar-refractivity contribution in [1.29, 1.82) is 0 Å². The van der Waals surface area contributed by atoms with E-state index in [1.807, 2.05) is 6.92 Å². The van der Waals surface area contributed by atoms with E-state index >= 15 is 0 Å². The van der Waals surface area contributed by atoms with Crippen LogP contribution < -0.4 is 10.5 Å². The smallest absolute Gasteiger partial charge is 0.126 e. The van der Waals surface area contributed by atoms with Crippen molar-refractivity contribution in [2.24, 2.45) is 5.73 Å². The van der Waals surface area contributed by atoms with E-state index in [1.165, 1.54) is 0 Å². The van der Waals surface area contributed by atoms with Crippen LogP contribution in [0.4, 0.5) is 0 Å². The number of nitrogens with zero attached hydrogens (tertiary/aromatic N) is 1. The molecule has 4 nitrogen and oxygen atoms in total. The first-order chi connectivity index (χ1) is 6.70. The van der Waals surface area contributed by atoms with Crippen LogP contribution in [-0.2, 0) is 0 Å². The predicted molar refractivity (Wildman–Crippen MR) is 54.2 cm³/mol. The Bertz CT molecular complexity index is 302. The molecule has 3 N–H and O–H groups in total. The molecule has 1 unspecified atom stereocenters. The van der Waals surface area contributed by atoms with Crippen LogP contribution in [0.5, 0.6) is 5.75 Å². The summed E-state index contributed by atoms with van der Waals surface area (Å²) in [6, 6.07) is 1.56. The van der Waals surface area contributed by atoms with E-state index < -0.39 is 0 Å². The molecule has 4 heteroatoms. The SMILES string of the molecule is COc1ccnc(C)c1C(N)CCO. The standard InChI is InChI=1S/C10H16N2O2/c1-7-10(8(11)4-6-13)9(14-2)3-5-12-7/h3,5,8,13H,4,6,11H2,1-2H3. The number of methoxy groups -OCH3 is 1. The van der Waals surface area contributed by atoms with Crippen LogP contribution in [0.1, 0.15) is 23.7 Å². The van der Waals surface area contributed by atoms with Crippen molar-refractivity contribution in [3.8, 4) is 5.75 Å². The van der Waals surface area contributed by atoms with Crippen molar-refractivity contribution in [3.05, 3.63) is 23.5 Å². The van der Waals surface area contributed by atoms with Gasteiger partial charge in [0, 0.05) is 30.1 Å². The average Bonchev–Trinajstić information content (AvgIpc) is 2.17. The third-order valence-electron chi connectivity index (χ3n) is 2.18. The monoisotopic (exact) mass is 196 g/mol. The Morgan fingerprint density at radius 3 is 2.93 bits per heavy atom. The van der Waals surface area contributed by atoms with Crippen molar-refractivity contribution in [1.82, 2.24) is 4.98 Å². The Kier molecular flexibility index (Phi) is 3.85. The fourth-order valence-electron chi connectivity index (χ4n) is 1.47. The summed E-state index contributed by atoms with van der Waals surface area (Å²) in [6.07, 6.45) is 2.20. The minimum Gasteiger partial charge on any atom is -0.496 e. The highest BCUT2D eigenvalue weighted by molar-refractivity contribution is 5.37. The maximum Gasteiger partial charge on any atom is 0.126 e. The van der Waals surface area contributed by atoms with Gasteiger partial charge in [0.1, 0.15) is 5.75 Å². The zero-order chi connectivity index (χ0) is 10.6. The quantitative estimate of drug-likeness (QED) is 0.746. The molecule has 0 fully saturated rings. The molecule has 0 aliphatic rings.